The Morgan fingerprint density at radius 2 is 1.82 bits per heavy atom. The number of rotatable bonds is 8. The van der Waals surface area contributed by atoms with Crippen molar-refractivity contribution < 1.29 is 14.2 Å². The Morgan fingerprint density at radius 1 is 1.14 bits per heavy atom. The van der Waals surface area contributed by atoms with E-state index >= 15 is 0 Å². The van der Waals surface area contributed by atoms with E-state index in [-0.39, 0.29) is 0 Å². The Bertz CT molecular complexity index is 665. The number of nitrogens with one attached hydrogen (secondary N) is 2. The summed E-state index contributed by atoms with van der Waals surface area (Å²) in [6.45, 7) is 4.17. The highest BCUT2D eigenvalue weighted by Crippen LogP contribution is 2.34. The van der Waals surface area contributed by atoms with Crippen LogP contribution in [-0.2, 0) is 6.42 Å². The Balaban J connectivity index is 1.55. The van der Waals surface area contributed by atoms with Crippen molar-refractivity contribution in [1.29, 1.82) is 0 Å². The number of benzene rings is 1. The van der Waals surface area contributed by atoms with Crippen molar-refractivity contribution in [2.75, 3.05) is 41.5 Å². The summed E-state index contributed by atoms with van der Waals surface area (Å²) in [4.78, 5) is 7.04. The minimum atomic E-state index is 0.451. The van der Waals surface area contributed by atoms with Crippen molar-refractivity contribution in [1.82, 2.24) is 15.5 Å². The zero-order valence-corrected chi connectivity index (χ0v) is 17.7. The fourth-order valence-corrected chi connectivity index (χ4v) is 4.09. The number of guanidine groups is 1. The molecule has 7 nitrogen and oxygen atoms in total. The van der Waals surface area contributed by atoms with Crippen LogP contribution in [0, 0.1) is 0 Å². The van der Waals surface area contributed by atoms with Crippen LogP contribution >= 0.6 is 0 Å². The lowest BCUT2D eigenvalue weighted by Gasteiger charge is -2.20. The molecule has 1 aliphatic heterocycles. The summed E-state index contributed by atoms with van der Waals surface area (Å²) < 4.78 is 16.4. The van der Waals surface area contributed by atoms with E-state index in [1.807, 2.05) is 19.2 Å². The number of hydrogen-bond acceptors (Lipinski definition) is 5. The predicted molar refractivity (Wildman–Crippen MR) is 112 cm³/mol. The zero-order chi connectivity index (χ0) is 20.1. The molecule has 1 aliphatic carbocycles. The predicted octanol–water partition coefficient (Wildman–Crippen LogP) is 2.05. The minimum Gasteiger partial charge on any atom is -0.496 e. The normalized spacial score (nSPS) is 22.8. The lowest BCUT2D eigenvalue weighted by atomic mass is 10.1. The summed E-state index contributed by atoms with van der Waals surface area (Å²) in [5.41, 5.74) is 1.02. The second-order valence-electron chi connectivity index (χ2n) is 7.61. The molecule has 2 fully saturated rings. The molecule has 0 radical (unpaired) electrons. The van der Waals surface area contributed by atoms with Crippen LogP contribution in [0.25, 0.3) is 0 Å². The number of hydrogen-bond donors (Lipinski definition) is 2. The largest absolute Gasteiger partial charge is 0.496 e. The Hall–Kier alpha value is -2.15. The zero-order valence-electron chi connectivity index (χ0n) is 17.7. The highest BCUT2D eigenvalue weighted by molar-refractivity contribution is 5.80. The summed E-state index contributed by atoms with van der Waals surface area (Å²) in [6, 6.07) is 5.68. The molecular formula is C21H34N4O3. The third-order valence-electron chi connectivity index (χ3n) is 5.69. The first kappa shape index (κ1) is 20.6. The van der Waals surface area contributed by atoms with Crippen molar-refractivity contribution in [3.8, 4) is 17.2 Å². The number of ether oxygens (including phenoxy) is 3. The van der Waals surface area contributed by atoms with Crippen LogP contribution in [0.3, 0.4) is 0 Å². The van der Waals surface area contributed by atoms with Gasteiger partial charge in [-0.15, -0.1) is 0 Å². The van der Waals surface area contributed by atoms with Gasteiger partial charge in [0.1, 0.15) is 17.2 Å². The van der Waals surface area contributed by atoms with E-state index in [1.165, 1.54) is 12.8 Å². The van der Waals surface area contributed by atoms with E-state index in [1.54, 1.807) is 21.3 Å². The monoisotopic (exact) mass is 390 g/mol. The molecule has 0 amide bonds. The Kier molecular flexibility index (Phi) is 6.88. The van der Waals surface area contributed by atoms with Crippen molar-refractivity contribution >= 4 is 5.96 Å². The maximum Gasteiger partial charge on any atom is 0.191 e. The quantitative estimate of drug-likeness (QED) is 0.523. The summed E-state index contributed by atoms with van der Waals surface area (Å²) in [6.07, 6.45) is 4.63. The van der Waals surface area contributed by atoms with Crippen molar-refractivity contribution in [3.05, 3.63) is 17.7 Å². The Morgan fingerprint density at radius 3 is 2.36 bits per heavy atom. The van der Waals surface area contributed by atoms with E-state index in [4.69, 9.17) is 14.2 Å². The Labute approximate surface area is 168 Å². The van der Waals surface area contributed by atoms with Crippen LogP contribution in [-0.4, -0.2) is 70.5 Å². The molecule has 1 aromatic carbocycles. The molecule has 2 atom stereocenters. The summed E-state index contributed by atoms with van der Waals surface area (Å²) in [5.74, 6) is 3.11. The van der Waals surface area contributed by atoms with Gasteiger partial charge in [0, 0.05) is 56.0 Å². The van der Waals surface area contributed by atoms with Gasteiger partial charge in [0.2, 0.25) is 0 Å². The summed E-state index contributed by atoms with van der Waals surface area (Å²) in [7, 11) is 6.79. The van der Waals surface area contributed by atoms with Crippen LogP contribution < -0.4 is 24.8 Å². The van der Waals surface area contributed by atoms with Crippen LogP contribution in [0.4, 0.5) is 0 Å². The van der Waals surface area contributed by atoms with Gasteiger partial charge < -0.3 is 24.8 Å². The molecule has 7 heteroatoms. The average molecular weight is 391 g/mol. The first-order valence-electron chi connectivity index (χ1n) is 10.1. The standard InChI is InChI=1S/C21H34N4O3/c1-14-10-15(13-25(14)16-6-7-16)24-21(22-2)23-9-8-18-19(27-4)11-17(26-3)12-20(18)28-5/h11-12,14-16H,6-10,13H2,1-5H3,(H2,22,23,24). The third-order valence-corrected chi connectivity index (χ3v) is 5.69. The number of nitrogens with zero attached hydrogens (tertiary/aromatic N) is 2. The molecule has 2 aliphatic rings. The van der Waals surface area contributed by atoms with Gasteiger partial charge in [-0.1, -0.05) is 0 Å². The number of methoxy groups -OCH3 is 3. The molecule has 1 heterocycles. The molecule has 1 saturated carbocycles. The van der Waals surface area contributed by atoms with E-state index in [0.717, 1.165) is 60.7 Å². The van der Waals surface area contributed by atoms with Crippen LogP contribution in [0.15, 0.2) is 17.1 Å². The second kappa shape index (κ2) is 9.37. The summed E-state index contributed by atoms with van der Waals surface area (Å²) in [5, 5.41) is 7.01. The molecule has 0 spiro atoms. The van der Waals surface area contributed by atoms with Crippen LogP contribution in [0.1, 0.15) is 31.7 Å². The van der Waals surface area contributed by atoms with Gasteiger partial charge in [0.25, 0.3) is 0 Å². The highest BCUT2D eigenvalue weighted by atomic mass is 16.5. The summed E-state index contributed by atoms with van der Waals surface area (Å²) >= 11 is 0. The van der Waals surface area contributed by atoms with E-state index in [2.05, 4.69) is 27.4 Å². The molecule has 1 aromatic rings. The van der Waals surface area contributed by atoms with Crippen molar-refractivity contribution in [2.45, 2.75) is 50.7 Å². The molecule has 0 bridgehead atoms. The van der Waals surface area contributed by atoms with Gasteiger partial charge in [0.15, 0.2) is 5.96 Å². The number of aliphatic imine (C=N–C) groups is 1. The molecule has 156 valence electrons. The maximum absolute atomic E-state index is 5.53. The number of likely N-dealkylation sites (tertiary alicyclic amines) is 1. The van der Waals surface area contributed by atoms with Gasteiger partial charge in [-0.3, -0.25) is 9.89 Å². The lowest BCUT2D eigenvalue weighted by molar-refractivity contribution is 0.256. The smallest absolute Gasteiger partial charge is 0.191 e. The van der Waals surface area contributed by atoms with Gasteiger partial charge in [-0.05, 0) is 32.6 Å². The van der Waals surface area contributed by atoms with E-state index in [0.29, 0.717) is 12.1 Å². The highest BCUT2D eigenvalue weighted by Gasteiger charge is 2.38. The van der Waals surface area contributed by atoms with Crippen molar-refractivity contribution in [2.24, 2.45) is 4.99 Å². The molecule has 0 aromatic heterocycles. The second-order valence-corrected chi connectivity index (χ2v) is 7.61. The van der Waals surface area contributed by atoms with Crippen molar-refractivity contribution in [3.63, 3.8) is 0 Å². The van der Waals surface area contributed by atoms with Gasteiger partial charge in [-0.2, -0.15) is 0 Å². The molecule has 2 N–H and O–H groups in total. The maximum atomic E-state index is 5.53. The molecule has 28 heavy (non-hydrogen) atoms. The first-order chi connectivity index (χ1) is 13.6. The van der Waals surface area contributed by atoms with Gasteiger partial charge >= 0.3 is 0 Å². The van der Waals surface area contributed by atoms with Crippen LogP contribution in [0.5, 0.6) is 17.2 Å². The topological polar surface area (TPSA) is 67.4 Å². The first-order valence-corrected chi connectivity index (χ1v) is 10.1. The lowest BCUT2D eigenvalue weighted by Crippen LogP contribution is -2.45. The van der Waals surface area contributed by atoms with Gasteiger partial charge in [0.05, 0.1) is 21.3 Å². The fourth-order valence-electron chi connectivity index (χ4n) is 4.09. The van der Waals surface area contributed by atoms with E-state index in [9.17, 15) is 0 Å². The average Bonchev–Trinajstić information content (AvgIpc) is 3.49. The molecule has 3 rings (SSSR count). The van der Waals surface area contributed by atoms with Crippen LogP contribution in [0.2, 0.25) is 0 Å². The van der Waals surface area contributed by atoms with Gasteiger partial charge in [-0.25, -0.2) is 0 Å². The molecule has 2 unspecified atom stereocenters. The third kappa shape index (κ3) is 4.82. The molecular weight excluding hydrogens is 356 g/mol. The SMILES string of the molecule is CN=C(NCCc1c(OC)cc(OC)cc1OC)NC1CC(C)N(C2CC2)C1. The van der Waals surface area contributed by atoms with E-state index < -0.39 is 0 Å². The fraction of sp³-hybridized carbons (Fsp3) is 0.667. The molecule has 1 saturated heterocycles. The minimum absolute atomic E-state index is 0.451.